The lowest BCUT2D eigenvalue weighted by molar-refractivity contribution is -0.0249. The van der Waals surface area contributed by atoms with Crippen LogP contribution in [0.2, 0.25) is 0 Å². The summed E-state index contributed by atoms with van der Waals surface area (Å²) in [7, 11) is 0. The van der Waals surface area contributed by atoms with Crippen molar-refractivity contribution in [2.45, 2.75) is 33.1 Å². The molecule has 3 heteroatoms. The van der Waals surface area contributed by atoms with Gasteiger partial charge in [0, 0.05) is 12.4 Å². The molecule has 0 aliphatic rings. The van der Waals surface area contributed by atoms with E-state index < -0.39 is 0 Å². The van der Waals surface area contributed by atoms with E-state index in [1.54, 1.807) is 12.5 Å². The van der Waals surface area contributed by atoms with E-state index in [-0.39, 0.29) is 12.3 Å². The fourth-order valence-electron chi connectivity index (χ4n) is 0.949. The lowest BCUT2D eigenvalue weighted by Crippen LogP contribution is -2.12. The first-order valence-corrected chi connectivity index (χ1v) is 3.83. The average Bonchev–Trinajstić information content (AvgIpc) is 2.35. The molecule has 0 saturated heterocycles. The highest BCUT2D eigenvalue weighted by Gasteiger charge is 2.04. The van der Waals surface area contributed by atoms with Crippen LogP contribution >= 0.6 is 0 Å². The molecule has 0 spiro atoms. The first-order chi connectivity index (χ1) is 5.20. The maximum Gasteiger partial charge on any atom is 0.132 e. The van der Waals surface area contributed by atoms with Gasteiger partial charge < -0.3 is 9.30 Å². The Bertz CT molecular complexity index is 194. The van der Waals surface area contributed by atoms with Crippen molar-refractivity contribution in [1.82, 2.24) is 9.55 Å². The van der Waals surface area contributed by atoms with Crippen LogP contribution < -0.4 is 0 Å². The Labute approximate surface area is 67.0 Å². The molecule has 62 valence electrons. The van der Waals surface area contributed by atoms with Crippen molar-refractivity contribution in [3.63, 3.8) is 0 Å². The highest BCUT2D eigenvalue weighted by atomic mass is 16.5. The van der Waals surface area contributed by atoms with Crippen LogP contribution in [0.15, 0.2) is 18.7 Å². The topological polar surface area (TPSA) is 27.1 Å². The Morgan fingerprint density at radius 1 is 1.36 bits per heavy atom. The van der Waals surface area contributed by atoms with Crippen LogP contribution in [0.4, 0.5) is 0 Å². The highest BCUT2D eigenvalue weighted by Crippen LogP contribution is 2.08. The van der Waals surface area contributed by atoms with Gasteiger partial charge in [0.2, 0.25) is 0 Å². The SMILES string of the molecule is CC(C)OC(C)n1ccnc1. The average molecular weight is 154 g/mol. The summed E-state index contributed by atoms with van der Waals surface area (Å²) in [6, 6.07) is 0. The molecule has 0 amide bonds. The molecule has 1 aromatic rings. The summed E-state index contributed by atoms with van der Waals surface area (Å²) in [4.78, 5) is 3.93. The van der Waals surface area contributed by atoms with E-state index in [1.165, 1.54) is 0 Å². The third-order valence-corrected chi connectivity index (χ3v) is 1.41. The second-order valence-corrected chi connectivity index (χ2v) is 2.79. The highest BCUT2D eigenvalue weighted by molar-refractivity contribution is 4.75. The molecule has 11 heavy (non-hydrogen) atoms. The molecular weight excluding hydrogens is 140 g/mol. The third-order valence-electron chi connectivity index (χ3n) is 1.41. The second-order valence-electron chi connectivity index (χ2n) is 2.79. The zero-order valence-corrected chi connectivity index (χ0v) is 7.19. The predicted molar refractivity (Wildman–Crippen MR) is 43.2 cm³/mol. The third kappa shape index (κ3) is 2.35. The minimum Gasteiger partial charge on any atom is -0.356 e. The van der Waals surface area contributed by atoms with E-state index in [1.807, 2.05) is 31.5 Å². The molecule has 1 heterocycles. The van der Waals surface area contributed by atoms with Crippen molar-refractivity contribution in [1.29, 1.82) is 0 Å². The normalized spacial score (nSPS) is 13.8. The first kappa shape index (κ1) is 8.27. The molecule has 1 atom stereocenters. The van der Waals surface area contributed by atoms with E-state index >= 15 is 0 Å². The number of ether oxygens (including phenoxy) is 1. The summed E-state index contributed by atoms with van der Waals surface area (Å²) in [6.45, 7) is 6.04. The molecule has 1 rings (SSSR count). The molecule has 0 fully saturated rings. The van der Waals surface area contributed by atoms with Gasteiger partial charge in [-0.1, -0.05) is 0 Å². The van der Waals surface area contributed by atoms with Crippen LogP contribution in [0.25, 0.3) is 0 Å². The van der Waals surface area contributed by atoms with Crippen molar-refractivity contribution < 1.29 is 4.74 Å². The zero-order valence-electron chi connectivity index (χ0n) is 7.19. The van der Waals surface area contributed by atoms with Crippen LogP contribution in [-0.4, -0.2) is 15.7 Å². The van der Waals surface area contributed by atoms with Crippen LogP contribution in [0.5, 0.6) is 0 Å². The lowest BCUT2D eigenvalue weighted by atomic mass is 10.5. The number of hydrogen-bond donors (Lipinski definition) is 0. The summed E-state index contributed by atoms with van der Waals surface area (Å²) in [5.41, 5.74) is 0. The number of aromatic nitrogens is 2. The van der Waals surface area contributed by atoms with Gasteiger partial charge in [-0.15, -0.1) is 0 Å². The monoisotopic (exact) mass is 154 g/mol. The largest absolute Gasteiger partial charge is 0.356 e. The van der Waals surface area contributed by atoms with Crippen molar-refractivity contribution in [3.8, 4) is 0 Å². The van der Waals surface area contributed by atoms with Gasteiger partial charge in [0.15, 0.2) is 0 Å². The fraction of sp³-hybridized carbons (Fsp3) is 0.625. The van der Waals surface area contributed by atoms with Crippen LogP contribution in [0.3, 0.4) is 0 Å². The maximum atomic E-state index is 5.52. The number of nitrogens with zero attached hydrogens (tertiary/aromatic N) is 2. The standard InChI is InChI=1S/C8H14N2O/c1-7(2)11-8(3)10-5-4-9-6-10/h4-8H,1-3H3. The number of imidazole rings is 1. The van der Waals surface area contributed by atoms with Gasteiger partial charge in [0.1, 0.15) is 6.23 Å². The number of rotatable bonds is 3. The maximum absolute atomic E-state index is 5.52. The van der Waals surface area contributed by atoms with E-state index in [2.05, 4.69) is 4.98 Å². The smallest absolute Gasteiger partial charge is 0.132 e. The molecule has 3 nitrogen and oxygen atoms in total. The van der Waals surface area contributed by atoms with E-state index in [4.69, 9.17) is 4.74 Å². The molecule has 0 N–H and O–H groups in total. The van der Waals surface area contributed by atoms with Gasteiger partial charge in [-0.3, -0.25) is 0 Å². The molecule has 0 radical (unpaired) electrons. The summed E-state index contributed by atoms with van der Waals surface area (Å²) < 4.78 is 7.45. The lowest BCUT2D eigenvalue weighted by Gasteiger charge is -2.16. The minimum absolute atomic E-state index is 0.0810. The van der Waals surface area contributed by atoms with Gasteiger partial charge in [-0.2, -0.15) is 0 Å². The number of hydrogen-bond acceptors (Lipinski definition) is 2. The Morgan fingerprint density at radius 3 is 2.55 bits per heavy atom. The molecule has 0 aliphatic heterocycles. The van der Waals surface area contributed by atoms with Crippen molar-refractivity contribution in [2.75, 3.05) is 0 Å². The Balaban J connectivity index is 2.49. The minimum atomic E-state index is 0.0810. The quantitative estimate of drug-likeness (QED) is 0.664. The van der Waals surface area contributed by atoms with Crippen LogP contribution in [0.1, 0.15) is 27.0 Å². The van der Waals surface area contributed by atoms with E-state index in [9.17, 15) is 0 Å². The van der Waals surface area contributed by atoms with Gasteiger partial charge in [0.05, 0.1) is 12.4 Å². The van der Waals surface area contributed by atoms with E-state index in [0.717, 1.165) is 0 Å². The summed E-state index contributed by atoms with van der Waals surface area (Å²) in [5, 5.41) is 0. The second kappa shape index (κ2) is 3.53. The van der Waals surface area contributed by atoms with Crippen molar-refractivity contribution in [3.05, 3.63) is 18.7 Å². The van der Waals surface area contributed by atoms with Crippen molar-refractivity contribution >= 4 is 0 Å². The Kier molecular flexibility index (Phi) is 2.65. The van der Waals surface area contributed by atoms with Crippen molar-refractivity contribution in [2.24, 2.45) is 0 Å². The van der Waals surface area contributed by atoms with Crippen LogP contribution in [0, 0.1) is 0 Å². The summed E-state index contributed by atoms with van der Waals surface area (Å²) >= 11 is 0. The molecule has 0 aromatic carbocycles. The van der Waals surface area contributed by atoms with Gasteiger partial charge in [-0.05, 0) is 20.8 Å². The van der Waals surface area contributed by atoms with Gasteiger partial charge in [-0.25, -0.2) is 4.98 Å². The van der Waals surface area contributed by atoms with Gasteiger partial charge in [0.25, 0.3) is 0 Å². The molecule has 1 unspecified atom stereocenters. The Morgan fingerprint density at radius 2 is 2.09 bits per heavy atom. The van der Waals surface area contributed by atoms with Crippen LogP contribution in [-0.2, 0) is 4.74 Å². The first-order valence-electron chi connectivity index (χ1n) is 3.83. The Hall–Kier alpha value is -0.830. The molecule has 0 bridgehead atoms. The summed E-state index contributed by atoms with van der Waals surface area (Å²) in [5.74, 6) is 0. The molecular formula is C8H14N2O. The van der Waals surface area contributed by atoms with E-state index in [0.29, 0.717) is 0 Å². The molecule has 0 saturated carbocycles. The summed E-state index contributed by atoms with van der Waals surface area (Å²) in [6.07, 6.45) is 5.74. The predicted octanol–water partition coefficient (Wildman–Crippen LogP) is 1.83. The zero-order chi connectivity index (χ0) is 8.27. The molecule has 1 aromatic heterocycles. The fourth-order valence-corrected chi connectivity index (χ4v) is 0.949. The van der Waals surface area contributed by atoms with Gasteiger partial charge >= 0.3 is 0 Å². The molecule has 0 aliphatic carbocycles.